The molecule has 80 valence electrons. The Labute approximate surface area is 118 Å². The molecule has 2 heterocycles. The van der Waals surface area contributed by atoms with Crippen molar-refractivity contribution in [2.75, 3.05) is 7.11 Å². The average molecular weight is 249 g/mol. The van der Waals surface area contributed by atoms with E-state index in [2.05, 4.69) is 10.2 Å². The summed E-state index contributed by atoms with van der Waals surface area (Å²) in [6.07, 6.45) is 2.93. The van der Waals surface area contributed by atoms with Crippen LogP contribution in [-0.4, -0.2) is 33.0 Å². The van der Waals surface area contributed by atoms with Gasteiger partial charge in [0.25, 0.3) is 0 Å². The fourth-order valence-corrected chi connectivity index (χ4v) is 1.72. The van der Waals surface area contributed by atoms with Gasteiger partial charge in [-0.2, -0.15) is 7.11 Å². The first-order valence-electron chi connectivity index (χ1n) is 3.85. The number of aromatic carboxylic acids is 1. The first kappa shape index (κ1) is 15.3. The molecule has 2 aromatic heterocycles. The monoisotopic (exact) mass is 249 g/mol. The molecule has 0 saturated carbocycles. The van der Waals surface area contributed by atoms with Crippen LogP contribution in [-0.2, 0) is 0 Å². The second-order valence-corrected chi connectivity index (χ2v) is 3.23. The molecule has 0 aromatic carbocycles. The van der Waals surface area contributed by atoms with Crippen LogP contribution in [0.25, 0.3) is 5.69 Å². The van der Waals surface area contributed by atoms with Gasteiger partial charge < -0.3 is 10.2 Å². The first-order chi connectivity index (χ1) is 7.29. The van der Waals surface area contributed by atoms with Gasteiger partial charge >= 0.3 is 35.5 Å². The SMILES string of the molecule is C[O-].O=C(O)c1sccc1-n1cnnc1.[Na+]. The van der Waals surface area contributed by atoms with Gasteiger partial charge in [0.05, 0.1) is 5.69 Å². The molecular weight excluding hydrogens is 241 g/mol. The molecule has 0 fully saturated rings. The van der Waals surface area contributed by atoms with Crippen LogP contribution in [0.1, 0.15) is 9.67 Å². The third kappa shape index (κ3) is 3.39. The van der Waals surface area contributed by atoms with E-state index in [1.54, 1.807) is 16.0 Å². The van der Waals surface area contributed by atoms with E-state index in [0.29, 0.717) is 10.6 Å². The van der Waals surface area contributed by atoms with Crippen molar-refractivity contribution < 1.29 is 44.6 Å². The largest absolute Gasteiger partial charge is 1.00 e. The van der Waals surface area contributed by atoms with E-state index in [4.69, 9.17) is 10.2 Å². The van der Waals surface area contributed by atoms with Crippen molar-refractivity contribution in [3.8, 4) is 5.69 Å². The van der Waals surface area contributed by atoms with Gasteiger partial charge in [-0.15, -0.1) is 21.5 Å². The van der Waals surface area contributed by atoms with Gasteiger partial charge in [0.15, 0.2) is 0 Å². The number of nitrogens with zero attached hydrogens (tertiary/aromatic N) is 3. The van der Waals surface area contributed by atoms with E-state index in [0.717, 1.165) is 7.11 Å². The van der Waals surface area contributed by atoms with Crippen LogP contribution in [0.4, 0.5) is 0 Å². The molecule has 0 saturated heterocycles. The van der Waals surface area contributed by atoms with E-state index in [1.807, 2.05) is 0 Å². The van der Waals surface area contributed by atoms with Crippen LogP contribution >= 0.6 is 11.3 Å². The van der Waals surface area contributed by atoms with Crippen molar-refractivity contribution in [1.82, 2.24) is 14.8 Å². The molecule has 1 N–H and O–H groups in total. The van der Waals surface area contributed by atoms with Crippen molar-refractivity contribution in [2.45, 2.75) is 0 Å². The summed E-state index contributed by atoms with van der Waals surface area (Å²) < 4.78 is 1.57. The molecule has 0 aliphatic heterocycles. The Balaban J connectivity index is 0.000000711. The molecule has 0 radical (unpaired) electrons. The number of carbonyl (C=O) groups is 1. The summed E-state index contributed by atoms with van der Waals surface area (Å²) in [5.74, 6) is -0.932. The molecule has 0 unspecified atom stereocenters. The zero-order chi connectivity index (χ0) is 11.3. The third-order valence-electron chi connectivity index (χ3n) is 1.54. The minimum atomic E-state index is -0.932. The summed E-state index contributed by atoms with van der Waals surface area (Å²) in [6, 6.07) is 1.72. The standard InChI is InChI=1S/C7H5N3O2S.CH3O.Na/c11-7(12)6-5(1-2-13-6)10-3-8-9-4-10;1-2;/h1-4H,(H,11,12);1H3;/q;-1;+1. The smallest absolute Gasteiger partial charge is 0.857 e. The van der Waals surface area contributed by atoms with Crippen molar-refractivity contribution in [1.29, 1.82) is 0 Å². The molecule has 8 heteroatoms. The minimum Gasteiger partial charge on any atom is -0.857 e. The van der Waals surface area contributed by atoms with Crippen LogP contribution < -0.4 is 34.7 Å². The van der Waals surface area contributed by atoms with Crippen molar-refractivity contribution in [3.05, 3.63) is 29.0 Å². The summed E-state index contributed by atoms with van der Waals surface area (Å²) in [5.41, 5.74) is 0.600. The summed E-state index contributed by atoms with van der Waals surface area (Å²) in [5, 5.41) is 26.0. The van der Waals surface area contributed by atoms with E-state index in [-0.39, 0.29) is 29.6 Å². The molecule has 2 rings (SSSR count). The Morgan fingerprint density at radius 1 is 1.44 bits per heavy atom. The zero-order valence-corrected chi connectivity index (χ0v) is 11.6. The van der Waals surface area contributed by atoms with E-state index in [9.17, 15) is 4.79 Å². The van der Waals surface area contributed by atoms with Crippen LogP contribution in [0.15, 0.2) is 24.1 Å². The maximum absolute atomic E-state index is 10.7. The fourth-order valence-electron chi connectivity index (χ4n) is 0.991. The predicted octanol–water partition coefficient (Wildman–Crippen LogP) is -2.99. The number of aromatic nitrogens is 3. The number of carboxylic acid groups (broad SMARTS) is 1. The van der Waals surface area contributed by atoms with Crippen LogP contribution in [0.5, 0.6) is 0 Å². The molecule has 0 amide bonds. The predicted molar refractivity (Wildman–Crippen MR) is 52.1 cm³/mol. The maximum atomic E-state index is 10.7. The summed E-state index contributed by atoms with van der Waals surface area (Å²) in [7, 11) is 0.750. The molecule has 0 bridgehead atoms. The molecular formula is C8H8N3NaO3S. The Hall–Kier alpha value is -0.730. The number of carboxylic acids is 1. The van der Waals surface area contributed by atoms with Crippen LogP contribution in [0.2, 0.25) is 0 Å². The molecule has 6 nitrogen and oxygen atoms in total. The Bertz CT molecular complexity index is 429. The van der Waals surface area contributed by atoms with E-state index in [1.165, 1.54) is 24.0 Å². The second kappa shape index (κ2) is 7.53. The molecule has 0 aliphatic carbocycles. The van der Waals surface area contributed by atoms with Gasteiger partial charge in [-0.05, 0) is 11.4 Å². The topological polar surface area (TPSA) is 91.1 Å². The van der Waals surface area contributed by atoms with Gasteiger partial charge in [-0.25, -0.2) is 4.79 Å². The van der Waals surface area contributed by atoms with Crippen LogP contribution in [0.3, 0.4) is 0 Å². The number of hydrogen-bond acceptors (Lipinski definition) is 5. The molecule has 0 atom stereocenters. The Morgan fingerprint density at radius 2 is 2.00 bits per heavy atom. The first-order valence-corrected chi connectivity index (χ1v) is 4.73. The molecule has 0 aliphatic rings. The Kier molecular flexibility index (Phi) is 7.18. The van der Waals surface area contributed by atoms with Crippen molar-refractivity contribution in [3.63, 3.8) is 0 Å². The molecule has 16 heavy (non-hydrogen) atoms. The summed E-state index contributed by atoms with van der Waals surface area (Å²) >= 11 is 1.18. The van der Waals surface area contributed by atoms with Gasteiger partial charge in [-0.3, -0.25) is 4.57 Å². The zero-order valence-electron chi connectivity index (χ0n) is 8.82. The third-order valence-corrected chi connectivity index (χ3v) is 2.43. The van der Waals surface area contributed by atoms with Gasteiger partial charge in [0.1, 0.15) is 17.5 Å². The van der Waals surface area contributed by atoms with Gasteiger partial charge in [-0.1, -0.05) is 0 Å². The van der Waals surface area contributed by atoms with E-state index >= 15 is 0 Å². The van der Waals surface area contributed by atoms with Crippen molar-refractivity contribution in [2.24, 2.45) is 0 Å². The molecule has 0 spiro atoms. The number of rotatable bonds is 2. The normalized spacial score (nSPS) is 8.62. The summed E-state index contributed by atoms with van der Waals surface area (Å²) in [4.78, 5) is 11.0. The number of thiophene rings is 1. The quantitative estimate of drug-likeness (QED) is 0.573. The Morgan fingerprint density at radius 3 is 2.50 bits per heavy atom. The second-order valence-electron chi connectivity index (χ2n) is 2.31. The summed E-state index contributed by atoms with van der Waals surface area (Å²) in [6.45, 7) is 0. The fraction of sp³-hybridized carbons (Fsp3) is 0.125. The van der Waals surface area contributed by atoms with E-state index < -0.39 is 5.97 Å². The van der Waals surface area contributed by atoms with Gasteiger partial charge in [0.2, 0.25) is 0 Å². The molecule has 2 aromatic rings. The average Bonchev–Trinajstić information content (AvgIpc) is 2.91. The van der Waals surface area contributed by atoms with Gasteiger partial charge in [0, 0.05) is 0 Å². The number of hydrogen-bond donors (Lipinski definition) is 1. The minimum absolute atomic E-state index is 0. The maximum Gasteiger partial charge on any atom is 1.00 e. The van der Waals surface area contributed by atoms with Crippen molar-refractivity contribution >= 4 is 17.3 Å². The van der Waals surface area contributed by atoms with Crippen LogP contribution in [0, 0.1) is 0 Å².